The summed E-state index contributed by atoms with van der Waals surface area (Å²) in [6.45, 7) is 8.97. The molecule has 0 radical (unpaired) electrons. The standard InChI is InChI=1S/C13H21NO/c1-9(2)15-13-11(4)10(3)5-6-12(13)7-8-14/h5-6,9H,7-8,14H2,1-4H3. The Morgan fingerprint density at radius 2 is 1.93 bits per heavy atom. The molecular weight excluding hydrogens is 186 g/mol. The third-order valence-corrected chi connectivity index (χ3v) is 2.53. The lowest BCUT2D eigenvalue weighted by Crippen LogP contribution is -2.11. The summed E-state index contributed by atoms with van der Waals surface area (Å²) < 4.78 is 5.85. The maximum atomic E-state index is 5.85. The van der Waals surface area contributed by atoms with E-state index in [1.54, 1.807) is 0 Å². The molecule has 0 heterocycles. The van der Waals surface area contributed by atoms with Gasteiger partial charge in [0.05, 0.1) is 6.10 Å². The van der Waals surface area contributed by atoms with Crippen LogP contribution in [0.5, 0.6) is 5.75 Å². The molecular formula is C13H21NO. The minimum absolute atomic E-state index is 0.210. The third kappa shape index (κ3) is 2.96. The molecule has 2 N–H and O–H groups in total. The summed E-state index contributed by atoms with van der Waals surface area (Å²) >= 11 is 0. The molecule has 0 atom stereocenters. The topological polar surface area (TPSA) is 35.2 Å². The molecule has 0 spiro atoms. The van der Waals surface area contributed by atoms with Crippen LogP contribution in [0.25, 0.3) is 0 Å². The van der Waals surface area contributed by atoms with Gasteiger partial charge in [-0.2, -0.15) is 0 Å². The molecule has 0 saturated heterocycles. The van der Waals surface area contributed by atoms with Crippen molar-refractivity contribution in [2.45, 2.75) is 40.2 Å². The van der Waals surface area contributed by atoms with E-state index in [-0.39, 0.29) is 6.10 Å². The smallest absolute Gasteiger partial charge is 0.126 e. The summed E-state index contributed by atoms with van der Waals surface area (Å²) in [6, 6.07) is 4.25. The molecule has 84 valence electrons. The second-order valence-corrected chi connectivity index (χ2v) is 4.20. The molecule has 0 aliphatic rings. The van der Waals surface area contributed by atoms with E-state index >= 15 is 0 Å². The van der Waals surface area contributed by atoms with Gasteiger partial charge in [0.15, 0.2) is 0 Å². The largest absolute Gasteiger partial charge is 0.490 e. The molecule has 0 aromatic heterocycles. The van der Waals surface area contributed by atoms with Gasteiger partial charge in [-0.15, -0.1) is 0 Å². The Morgan fingerprint density at radius 1 is 1.27 bits per heavy atom. The van der Waals surface area contributed by atoms with Crippen molar-refractivity contribution in [2.75, 3.05) is 6.54 Å². The minimum atomic E-state index is 0.210. The van der Waals surface area contributed by atoms with Crippen molar-refractivity contribution >= 4 is 0 Å². The highest BCUT2D eigenvalue weighted by atomic mass is 16.5. The number of nitrogens with two attached hydrogens (primary N) is 1. The Bertz CT molecular complexity index is 332. The van der Waals surface area contributed by atoms with Crippen molar-refractivity contribution in [2.24, 2.45) is 5.73 Å². The zero-order valence-electron chi connectivity index (χ0n) is 10.1. The van der Waals surface area contributed by atoms with Crippen molar-refractivity contribution in [3.63, 3.8) is 0 Å². The molecule has 0 amide bonds. The highest BCUT2D eigenvalue weighted by molar-refractivity contribution is 5.45. The van der Waals surface area contributed by atoms with Crippen LogP contribution in [0.3, 0.4) is 0 Å². The molecule has 1 aromatic rings. The van der Waals surface area contributed by atoms with Gasteiger partial charge in [-0.3, -0.25) is 0 Å². The molecule has 1 aromatic carbocycles. The van der Waals surface area contributed by atoms with Crippen LogP contribution in [0.15, 0.2) is 12.1 Å². The highest BCUT2D eigenvalue weighted by Gasteiger charge is 2.10. The van der Waals surface area contributed by atoms with Gasteiger partial charge in [-0.05, 0) is 57.4 Å². The lowest BCUT2D eigenvalue weighted by molar-refractivity contribution is 0.238. The van der Waals surface area contributed by atoms with Gasteiger partial charge >= 0.3 is 0 Å². The van der Waals surface area contributed by atoms with Crippen molar-refractivity contribution in [1.29, 1.82) is 0 Å². The normalized spacial score (nSPS) is 10.8. The molecule has 0 bridgehead atoms. The van der Waals surface area contributed by atoms with Crippen LogP contribution in [0.2, 0.25) is 0 Å². The van der Waals surface area contributed by atoms with Gasteiger partial charge in [0.2, 0.25) is 0 Å². The quantitative estimate of drug-likeness (QED) is 0.823. The average molecular weight is 207 g/mol. The summed E-state index contributed by atoms with van der Waals surface area (Å²) in [7, 11) is 0. The number of aryl methyl sites for hydroxylation is 1. The molecule has 0 aliphatic carbocycles. The van der Waals surface area contributed by atoms with Crippen molar-refractivity contribution < 1.29 is 4.74 Å². The first-order valence-electron chi connectivity index (χ1n) is 5.52. The van der Waals surface area contributed by atoms with Crippen molar-refractivity contribution in [1.82, 2.24) is 0 Å². The van der Waals surface area contributed by atoms with Crippen molar-refractivity contribution in [3.05, 3.63) is 28.8 Å². The van der Waals surface area contributed by atoms with Crippen LogP contribution in [-0.4, -0.2) is 12.6 Å². The lowest BCUT2D eigenvalue weighted by Gasteiger charge is -2.18. The maximum absolute atomic E-state index is 5.85. The van der Waals surface area contributed by atoms with Gasteiger partial charge in [-0.1, -0.05) is 12.1 Å². The second-order valence-electron chi connectivity index (χ2n) is 4.20. The molecule has 2 nitrogen and oxygen atoms in total. The van der Waals surface area contributed by atoms with Crippen LogP contribution in [0.1, 0.15) is 30.5 Å². The molecule has 15 heavy (non-hydrogen) atoms. The van der Waals surface area contributed by atoms with E-state index in [4.69, 9.17) is 10.5 Å². The SMILES string of the molecule is Cc1ccc(CCN)c(OC(C)C)c1C. The fourth-order valence-corrected chi connectivity index (χ4v) is 1.60. The minimum Gasteiger partial charge on any atom is -0.490 e. The number of ether oxygens (including phenoxy) is 1. The second kappa shape index (κ2) is 5.17. The van der Waals surface area contributed by atoms with Gasteiger partial charge in [0, 0.05) is 0 Å². The van der Waals surface area contributed by atoms with Crippen LogP contribution in [0.4, 0.5) is 0 Å². The third-order valence-electron chi connectivity index (χ3n) is 2.53. The number of benzene rings is 1. The monoisotopic (exact) mass is 207 g/mol. The number of rotatable bonds is 4. The van der Waals surface area contributed by atoms with Gasteiger partial charge < -0.3 is 10.5 Å². The van der Waals surface area contributed by atoms with Crippen LogP contribution < -0.4 is 10.5 Å². The Balaban J connectivity index is 3.10. The lowest BCUT2D eigenvalue weighted by atomic mass is 10.0. The van der Waals surface area contributed by atoms with E-state index in [1.165, 1.54) is 16.7 Å². The fraction of sp³-hybridized carbons (Fsp3) is 0.538. The van der Waals surface area contributed by atoms with E-state index < -0.39 is 0 Å². The maximum Gasteiger partial charge on any atom is 0.126 e. The van der Waals surface area contributed by atoms with Crippen LogP contribution >= 0.6 is 0 Å². The first-order valence-corrected chi connectivity index (χ1v) is 5.52. The van der Waals surface area contributed by atoms with Gasteiger partial charge in [-0.25, -0.2) is 0 Å². The van der Waals surface area contributed by atoms with E-state index in [9.17, 15) is 0 Å². The summed E-state index contributed by atoms with van der Waals surface area (Å²) in [5.74, 6) is 1.02. The zero-order valence-corrected chi connectivity index (χ0v) is 10.1. The molecule has 1 rings (SSSR count). The number of hydrogen-bond acceptors (Lipinski definition) is 2. The summed E-state index contributed by atoms with van der Waals surface area (Å²) in [5.41, 5.74) is 9.31. The summed E-state index contributed by atoms with van der Waals surface area (Å²) in [5, 5.41) is 0. The Hall–Kier alpha value is -1.02. The van der Waals surface area contributed by atoms with E-state index in [0.717, 1.165) is 12.2 Å². The van der Waals surface area contributed by atoms with Crippen LogP contribution in [-0.2, 0) is 6.42 Å². The zero-order chi connectivity index (χ0) is 11.4. The van der Waals surface area contributed by atoms with Gasteiger partial charge in [0.1, 0.15) is 5.75 Å². The number of hydrogen-bond donors (Lipinski definition) is 1. The molecule has 2 heteroatoms. The Kier molecular flexibility index (Phi) is 4.15. The molecule has 0 unspecified atom stereocenters. The fourth-order valence-electron chi connectivity index (χ4n) is 1.60. The average Bonchev–Trinajstić information content (AvgIpc) is 2.17. The predicted molar refractivity (Wildman–Crippen MR) is 64.4 cm³/mol. The molecule has 0 fully saturated rings. The first kappa shape index (κ1) is 12.1. The van der Waals surface area contributed by atoms with E-state index in [1.807, 2.05) is 13.8 Å². The van der Waals surface area contributed by atoms with E-state index in [2.05, 4.69) is 26.0 Å². The van der Waals surface area contributed by atoms with Crippen molar-refractivity contribution in [3.8, 4) is 5.75 Å². The Labute approximate surface area is 92.4 Å². The van der Waals surface area contributed by atoms with Crippen LogP contribution in [0, 0.1) is 13.8 Å². The molecule has 0 saturated carbocycles. The summed E-state index contributed by atoms with van der Waals surface area (Å²) in [4.78, 5) is 0. The van der Waals surface area contributed by atoms with E-state index in [0.29, 0.717) is 6.54 Å². The Morgan fingerprint density at radius 3 is 2.47 bits per heavy atom. The predicted octanol–water partition coefficient (Wildman–Crippen LogP) is 2.59. The summed E-state index contributed by atoms with van der Waals surface area (Å²) in [6.07, 6.45) is 1.09. The highest BCUT2D eigenvalue weighted by Crippen LogP contribution is 2.27. The van der Waals surface area contributed by atoms with Gasteiger partial charge in [0.25, 0.3) is 0 Å². The molecule has 0 aliphatic heterocycles. The first-order chi connectivity index (χ1) is 7.06.